The van der Waals surface area contributed by atoms with E-state index in [1.165, 1.54) is 12.8 Å². The molecule has 3 nitrogen and oxygen atoms in total. The van der Waals surface area contributed by atoms with Gasteiger partial charge in [-0.05, 0) is 18.3 Å². The Morgan fingerprint density at radius 3 is 3.08 bits per heavy atom. The number of rotatable bonds is 4. The highest BCUT2D eigenvalue weighted by Crippen LogP contribution is 2.51. The second kappa shape index (κ2) is 3.43. The van der Waals surface area contributed by atoms with Gasteiger partial charge in [-0.15, -0.1) is 0 Å². The van der Waals surface area contributed by atoms with E-state index in [4.69, 9.17) is 9.68 Å². The first-order chi connectivity index (χ1) is 6.35. The molecule has 0 amide bonds. The molecule has 0 spiro atoms. The molecule has 0 unspecified atom stereocenters. The summed E-state index contributed by atoms with van der Waals surface area (Å²) in [6.45, 7) is 0. The van der Waals surface area contributed by atoms with E-state index in [9.17, 15) is 0 Å². The number of oxazole rings is 1. The summed E-state index contributed by atoms with van der Waals surface area (Å²) in [5, 5.41) is 9.31. The summed E-state index contributed by atoms with van der Waals surface area (Å²) in [6.07, 6.45) is 6.24. The highest BCUT2D eigenvalue weighted by atomic mass is 32.2. The van der Waals surface area contributed by atoms with Gasteiger partial charge in [-0.2, -0.15) is 5.26 Å². The van der Waals surface area contributed by atoms with Gasteiger partial charge in [0.2, 0.25) is 0 Å². The fraction of sp³-hybridized carbons (Fsp3) is 0.556. The van der Waals surface area contributed by atoms with Crippen molar-refractivity contribution in [2.45, 2.75) is 24.5 Å². The van der Waals surface area contributed by atoms with E-state index in [1.54, 1.807) is 24.2 Å². The Labute approximate surface area is 81.1 Å². The normalized spacial score (nSPS) is 18.1. The lowest BCUT2D eigenvalue weighted by Crippen LogP contribution is -2.02. The smallest absolute Gasteiger partial charge is 0.255 e. The van der Waals surface area contributed by atoms with Crippen molar-refractivity contribution in [3.63, 3.8) is 0 Å². The molecule has 1 saturated carbocycles. The number of nitriles is 1. The van der Waals surface area contributed by atoms with Crippen LogP contribution in [0.5, 0.6) is 0 Å². The molecular formula is C9H10N2OS. The summed E-state index contributed by atoms with van der Waals surface area (Å²) in [6, 6.07) is 2.24. The van der Waals surface area contributed by atoms with Gasteiger partial charge in [0.15, 0.2) is 0 Å². The van der Waals surface area contributed by atoms with E-state index in [-0.39, 0.29) is 5.41 Å². The Bertz CT molecular complexity index is 311. The fourth-order valence-electron chi connectivity index (χ4n) is 1.21. The molecular weight excluding hydrogens is 184 g/mol. The molecule has 0 aromatic carbocycles. The van der Waals surface area contributed by atoms with E-state index in [0.717, 1.165) is 5.75 Å². The Morgan fingerprint density at radius 1 is 1.69 bits per heavy atom. The van der Waals surface area contributed by atoms with Crippen LogP contribution in [0.3, 0.4) is 0 Å². The predicted molar refractivity (Wildman–Crippen MR) is 49.1 cm³/mol. The SMILES string of the molecule is N#CCC1(CSc2ncco2)CC1. The summed E-state index contributed by atoms with van der Waals surface area (Å²) in [7, 11) is 0. The number of aromatic nitrogens is 1. The number of thioether (sulfide) groups is 1. The van der Waals surface area contributed by atoms with Crippen LogP contribution in [-0.4, -0.2) is 10.7 Å². The summed E-state index contributed by atoms with van der Waals surface area (Å²) < 4.78 is 5.10. The topological polar surface area (TPSA) is 49.8 Å². The van der Waals surface area contributed by atoms with Crippen LogP contribution in [0.4, 0.5) is 0 Å². The van der Waals surface area contributed by atoms with Gasteiger partial charge in [0.25, 0.3) is 5.22 Å². The molecule has 0 saturated heterocycles. The van der Waals surface area contributed by atoms with Crippen LogP contribution in [0.2, 0.25) is 0 Å². The quantitative estimate of drug-likeness (QED) is 0.691. The molecule has 1 aromatic heterocycles. The maximum atomic E-state index is 8.60. The van der Waals surface area contributed by atoms with Crippen LogP contribution in [0.1, 0.15) is 19.3 Å². The van der Waals surface area contributed by atoms with Crippen molar-refractivity contribution in [3.05, 3.63) is 12.5 Å². The Kier molecular flexibility index (Phi) is 2.28. The van der Waals surface area contributed by atoms with Crippen molar-refractivity contribution in [2.24, 2.45) is 5.41 Å². The van der Waals surface area contributed by atoms with Gasteiger partial charge in [0, 0.05) is 12.2 Å². The molecule has 0 aliphatic heterocycles. The van der Waals surface area contributed by atoms with E-state index in [0.29, 0.717) is 11.6 Å². The molecule has 0 atom stereocenters. The standard InChI is InChI=1S/C9H10N2OS/c10-4-3-9(1-2-9)7-13-8-11-5-6-12-8/h5-6H,1-3,7H2. The van der Waals surface area contributed by atoms with Crippen LogP contribution in [0, 0.1) is 16.7 Å². The van der Waals surface area contributed by atoms with Crippen molar-refractivity contribution in [1.82, 2.24) is 4.98 Å². The third-order valence-electron chi connectivity index (χ3n) is 2.32. The Balaban J connectivity index is 1.83. The molecule has 0 bridgehead atoms. The second-order valence-electron chi connectivity index (χ2n) is 3.42. The van der Waals surface area contributed by atoms with Gasteiger partial charge in [-0.3, -0.25) is 0 Å². The van der Waals surface area contributed by atoms with Crippen LogP contribution in [0.15, 0.2) is 22.1 Å². The number of hydrogen-bond donors (Lipinski definition) is 0. The zero-order valence-corrected chi connectivity index (χ0v) is 8.01. The maximum absolute atomic E-state index is 8.60. The van der Waals surface area contributed by atoms with Gasteiger partial charge >= 0.3 is 0 Å². The van der Waals surface area contributed by atoms with Crippen molar-refractivity contribution in [1.29, 1.82) is 5.26 Å². The minimum Gasteiger partial charge on any atom is -0.440 e. The van der Waals surface area contributed by atoms with Gasteiger partial charge in [0.05, 0.1) is 12.3 Å². The molecule has 2 rings (SSSR count). The second-order valence-corrected chi connectivity index (χ2v) is 4.35. The fourth-order valence-corrected chi connectivity index (χ4v) is 2.29. The molecule has 1 heterocycles. The molecule has 13 heavy (non-hydrogen) atoms. The molecule has 4 heteroatoms. The maximum Gasteiger partial charge on any atom is 0.255 e. The summed E-state index contributed by atoms with van der Waals surface area (Å²) >= 11 is 1.61. The molecule has 0 N–H and O–H groups in total. The van der Waals surface area contributed by atoms with Crippen molar-refractivity contribution >= 4 is 11.8 Å². The van der Waals surface area contributed by atoms with Crippen LogP contribution < -0.4 is 0 Å². The van der Waals surface area contributed by atoms with Gasteiger partial charge in [-0.1, -0.05) is 11.8 Å². The third kappa shape index (κ3) is 2.04. The Morgan fingerprint density at radius 2 is 2.54 bits per heavy atom. The highest BCUT2D eigenvalue weighted by molar-refractivity contribution is 7.99. The lowest BCUT2D eigenvalue weighted by atomic mass is 10.1. The number of hydrogen-bond acceptors (Lipinski definition) is 4. The summed E-state index contributed by atoms with van der Waals surface area (Å²) in [4.78, 5) is 4.02. The number of nitrogens with zero attached hydrogens (tertiary/aromatic N) is 2. The van der Waals surface area contributed by atoms with Gasteiger partial charge < -0.3 is 4.42 Å². The zero-order chi connectivity index (χ0) is 9.15. The van der Waals surface area contributed by atoms with Crippen LogP contribution in [0.25, 0.3) is 0 Å². The highest BCUT2D eigenvalue weighted by Gasteiger charge is 2.42. The summed E-state index contributed by atoms with van der Waals surface area (Å²) in [5.74, 6) is 0.959. The molecule has 1 fully saturated rings. The molecule has 1 aliphatic carbocycles. The zero-order valence-electron chi connectivity index (χ0n) is 7.19. The summed E-state index contributed by atoms with van der Waals surface area (Å²) in [5.41, 5.74) is 0.272. The van der Waals surface area contributed by atoms with E-state index in [2.05, 4.69) is 11.1 Å². The minimum absolute atomic E-state index is 0.272. The lowest BCUT2D eigenvalue weighted by Gasteiger charge is -2.06. The predicted octanol–water partition coefficient (Wildman–Crippen LogP) is 2.46. The van der Waals surface area contributed by atoms with Gasteiger partial charge in [0.1, 0.15) is 6.26 Å². The first-order valence-electron chi connectivity index (χ1n) is 4.24. The molecule has 1 aliphatic rings. The van der Waals surface area contributed by atoms with Crippen molar-refractivity contribution in [3.8, 4) is 6.07 Å². The third-order valence-corrected chi connectivity index (χ3v) is 3.53. The monoisotopic (exact) mass is 194 g/mol. The first-order valence-corrected chi connectivity index (χ1v) is 5.22. The Hall–Kier alpha value is -0.950. The molecule has 68 valence electrons. The largest absolute Gasteiger partial charge is 0.440 e. The molecule has 1 aromatic rings. The van der Waals surface area contributed by atoms with Gasteiger partial charge in [-0.25, -0.2) is 4.98 Å². The lowest BCUT2D eigenvalue weighted by molar-refractivity contribution is 0.452. The van der Waals surface area contributed by atoms with E-state index < -0.39 is 0 Å². The average Bonchev–Trinajstić information content (AvgIpc) is 2.71. The van der Waals surface area contributed by atoms with E-state index >= 15 is 0 Å². The van der Waals surface area contributed by atoms with Crippen molar-refractivity contribution < 1.29 is 4.42 Å². The molecule has 0 radical (unpaired) electrons. The first kappa shape index (κ1) is 8.64. The minimum atomic E-state index is 0.272. The van der Waals surface area contributed by atoms with E-state index in [1.807, 2.05) is 0 Å². The van der Waals surface area contributed by atoms with Crippen molar-refractivity contribution in [2.75, 3.05) is 5.75 Å². The average molecular weight is 194 g/mol. The van der Waals surface area contributed by atoms with Crippen LogP contribution in [-0.2, 0) is 0 Å². The van der Waals surface area contributed by atoms with Crippen LogP contribution >= 0.6 is 11.8 Å².